The third kappa shape index (κ3) is 4.08. The number of rotatable bonds is 5. The van der Waals surface area contributed by atoms with E-state index in [1.54, 1.807) is 48.5 Å². The topological polar surface area (TPSA) is 88.4 Å². The van der Waals surface area contributed by atoms with Gasteiger partial charge in [-0.3, -0.25) is 4.79 Å². The van der Waals surface area contributed by atoms with E-state index in [9.17, 15) is 9.59 Å². The Hall–Kier alpha value is -3.33. The van der Waals surface area contributed by atoms with Gasteiger partial charge in [-0.1, -0.05) is 24.3 Å². The highest BCUT2D eigenvalue weighted by molar-refractivity contribution is 5.97. The summed E-state index contributed by atoms with van der Waals surface area (Å²) >= 11 is 0. The molecule has 0 atom stereocenters. The van der Waals surface area contributed by atoms with Crippen LogP contribution in [-0.2, 0) is 9.53 Å². The van der Waals surface area contributed by atoms with E-state index < -0.39 is 18.5 Å². The lowest BCUT2D eigenvalue weighted by molar-refractivity contribution is -0.119. The van der Waals surface area contributed by atoms with Gasteiger partial charge in [-0.15, -0.1) is 0 Å². The fourth-order valence-electron chi connectivity index (χ4n) is 1.90. The highest BCUT2D eigenvalue weighted by Gasteiger charge is 2.15. The van der Waals surface area contributed by atoms with Gasteiger partial charge < -0.3 is 14.8 Å². The monoisotopic (exact) mass is 310 g/mol. The van der Waals surface area contributed by atoms with Crippen LogP contribution < -0.4 is 10.1 Å². The minimum atomic E-state index is -0.661. The van der Waals surface area contributed by atoms with Crippen LogP contribution in [0.1, 0.15) is 15.9 Å². The van der Waals surface area contributed by atoms with Crippen LogP contribution in [0.25, 0.3) is 0 Å². The van der Waals surface area contributed by atoms with Gasteiger partial charge in [-0.2, -0.15) is 5.26 Å². The largest absolute Gasteiger partial charge is 0.496 e. The van der Waals surface area contributed by atoms with Crippen molar-refractivity contribution in [3.8, 4) is 11.8 Å². The van der Waals surface area contributed by atoms with Crippen LogP contribution in [0, 0.1) is 11.3 Å². The first-order chi connectivity index (χ1) is 11.2. The Kier molecular flexibility index (Phi) is 5.31. The van der Waals surface area contributed by atoms with Gasteiger partial charge >= 0.3 is 5.97 Å². The smallest absolute Gasteiger partial charge is 0.342 e. The van der Waals surface area contributed by atoms with Crippen LogP contribution >= 0.6 is 0 Å². The molecule has 6 heteroatoms. The molecule has 116 valence electrons. The molecule has 0 spiro atoms. The quantitative estimate of drug-likeness (QED) is 0.856. The fraction of sp³-hybridized carbons (Fsp3) is 0.118. The number of amides is 1. The van der Waals surface area contributed by atoms with E-state index in [2.05, 4.69) is 5.32 Å². The fourth-order valence-corrected chi connectivity index (χ4v) is 1.90. The lowest BCUT2D eigenvalue weighted by atomic mass is 10.2. The number of para-hydroxylation sites is 2. The molecule has 0 saturated carbocycles. The van der Waals surface area contributed by atoms with Crippen LogP contribution in [0.3, 0.4) is 0 Å². The predicted octanol–water partition coefficient (Wildman–Crippen LogP) is 2.36. The number of nitrogens with zero attached hydrogens (tertiary/aromatic N) is 1. The highest BCUT2D eigenvalue weighted by Crippen LogP contribution is 2.18. The summed E-state index contributed by atoms with van der Waals surface area (Å²) in [6, 6.07) is 15.1. The van der Waals surface area contributed by atoms with E-state index in [-0.39, 0.29) is 5.56 Å². The molecule has 0 saturated heterocycles. The van der Waals surface area contributed by atoms with Crippen molar-refractivity contribution in [3.63, 3.8) is 0 Å². The minimum absolute atomic E-state index is 0.236. The van der Waals surface area contributed by atoms with Crippen LogP contribution in [0.4, 0.5) is 5.69 Å². The van der Waals surface area contributed by atoms with E-state index in [4.69, 9.17) is 14.7 Å². The lowest BCUT2D eigenvalue weighted by Gasteiger charge is -2.09. The Morgan fingerprint density at radius 1 is 1.13 bits per heavy atom. The van der Waals surface area contributed by atoms with Gasteiger partial charge in [0.25, 0.3) is 5.91 Å². The molecule has 0 radical (unpaired) electrons. The summed E-state index contributed by atoms with van der Waals surface area (Å²) in [4.78, 5) is 23.8. The van der Waals surface area contributed by atoms with Crippen molar-refractivity contribution >= 4 is 17.6 Å². The number of nitriles is 1. The highest BCUT2D eigenvalue weighted by atomic mass is 16.5. The maximum absolute atomic E-state index is 12.0. The molecule has 0 unspecified atom stereocenters. The van der Waals surface area contributed by atoms with Gasteiger partial charge in [0.15, 0.2) is 6.61 Å². The predicted molar refractivity (Wildman–Crippen MR) is 83.1 cm³/mol. The van der Waals surface area contributed by atoms with Crippen molar-refractivity contribution in [3.05, 3.63) is 59.7 Å². The molecule has 0 aliphatic heterocycles. The van der Waals surface area contributed by atoms with Gasteiger partial charge in [0.05, 0.1) is 18.4 Å². The first kappa shape index (κ1) is 16.0. The molecule has 1 N–H and O–H groups in total. The maximum Gasteiger partial charge on any atom is 0.342 e. The van der Waals surface area contributed by atoms with Crippen molar-refractivity contribution in [2.75, 3.05) is 19.0 Å². The third-order valence-corrected chi connectivity index (χ3v) is 2.98. The number of carbonyl (C=O) groups is 2. The second-order valence-electron chi connectivity index (χ2n) is 4.48. The van der Waals surface area contributed by atoms with Crippen LogP contribution in [0.15, 0.2) is 48.5 Å². The minimum Gasteiger partial charge on any atom is -0.496 e. The summed E-state index contributed by atoms with van der Waals surface area (Å²) in [6.07, 6.45) is 0. The van der Waals surface area contributed by atoms with E-state index >= 15 is 0 Å². The van der Waals surface area contributed by atoms with Crippen LogP contribution in [0.2, 0.25) is 0 Å². The number of esters is 1. The second kappa shape index (κ2) is 7.61. The van der Waals surface area contributed by atoms with Crippen molar-refractivity contribution in [1.29, 1.82) is 5.26 Å². The number of methoxy groups -OCH3 is 1. The number of anilines is 1. The van der Waals surface area contributed by atoms with E-state index in [1.807, 2.05) is 6.07 Å². The zero-order valence-corrected chi connectivity index (χ0v) is 12.4. The van der Waals surface area contributed by atoms with Crippen molar-refractivity contribution in [1.82, 2.24) is 0 Å². The number of ether oxygens (including phenoxy) is 2. The summed E-state index contributed by atoms with van der Waals surface area (Å²) < 4.78 is 10.0. The molecule has 0 heterocycles. The lowest BCUT2D eigenvalue weighted by Crippen LogP contribution is -2.21. The Balaban J connectivity index is 1.97. The van der Waals surface area contributed by atoms with Gasteiger partial charge in [-0.25, -0.2) is 4.79 Å². The summed E-state index contributed by atoms with van der Waals surface area (Å²) in [5.74, 6) is -0.824. The zero-order chi connectivity index (χ0) is 16.7. The van der Waals surface area contributed by atoms with Crippen LogP contribution in [-0.4, -0.2) is 25.6 Å². The molecule has 0 fully saturated rings. The van der Waals surface area contributed by atoms with Gasteiger partial charge in [0, 0.05) is 0 Å². The van der Waals surface area contributed by atoms with Crippen molar-refractivity contribution in [2.24, 2.45) is 0 Å². The van der Waals surface area contributed by atoms with Crippen molar-refractivity contribution in [2.45, 2.75) is 0 Å². The number of nitrogens with one attached hydrogen (secondary N) is 1. The molecule has 1 amide bonds. The summed E-state index contributed by atoms with van der Waals surface area (Å²) in [6.45, 7) is -0.462. The normalized spacial score (nSPS) is 9.57. The number of carbonyl (C=O) groups excluding carboxylic acids is 2. The molecular formula is C17H14N2O4. The molecule has 0 aromatic heterocycles. The zero-order valence-electron chi connectivity index (χ0n) is 12.4. The van der Waals surface area contributed by atoms with Crippen LogP contribution in [0.5, 0.6) is 5.75 Å². The first-order valence-corrected chi connectivity index (χ1v) is 6.75. The molecule has 2 rings (SSSR count). The third-order valence-electron chi connectivity index (χ3n) is 2.98. The Bertz CT molecular complexity index is 765. The van der Waals surface area contributed by atoms with E-state index in [0.717, 1.165) is 0 Å². The second-order valence-corrected chi connectivity index (χ2v) is 4.48. The number of hydrogen-bond donors (Lipinski definition) is 1. The molecule has 0 aliphatic carbocycles. The molecule has 0 aliphatic rings. The van der Waals surface area contributed by atoms with Crippen molar-refractivity contribution < 1.29 is 19.1 Å². The Morgan fingerprint density at radius 2 is 1.83 bits per heavy atom. The molecule has 0 bridgehead atoms. The maximum atomic E-state index is 12.0. The molecule has 6 nitrogen and oxygen atoms in total. The summed E-state index contributed by atoms with van der Waals surface area (Å²) in [7, 11) is 1.44. The molecule has 2 aromatic carbocycles. The standard InChI is InChI=1S/C17H14N2O4/c1-22-15-9-5-3-7-13(15)17(21)23-11-16(20)19-14-8-4-2-6-12(14)10-18/h2-9H,11H2,1H3,(H,19,20). The Morgan fingerprint density at radius 3 is 2.57 bits per heavy atom. The average Bonchev–Trinajstić information content (AvgIpc) is 2.60. The molecule has 23 heavy (non-hydrogen) atoms. The summed E-state index contributed by atoms with van der Waals surface area (Å²) in [5, 5.41) is 11.5. The van der Waals surface area contributed by atoms with Gasteiger partial charge in [0.1, 0.15) is 17.4 Å². The number of benzene rings is 2. The molecule has 2 aromatic rings. The van der Waals surface area contributed by atoms with Gasteiger partial charge in [0.2, 0.25) is 0 Å². The molecular weight excluding hydrogens is 296 g/mol. The van der Waals surface area contributed by atoms with E-state index in [0.29, 0.717) is 17.0 Å². The average molecular weight is 310 g/mol. The Labute approximate surface area is 133 Å². The SMILES string of the molecule is COc1ccccc1C(=O)OCC(=O)Nc1ccccc1C#N. The summed E-state index contributed by atoms with van der Waals surface area (Å²) in [5.41, 5.74) is 0.936. The van der Waals surface area contributed by atoms with E-state index in [1.165, 1.54) is 7.11 Å². The number of hydrogen-bond acceptors (Lipinski definition) is 5. The first-order valence-electron chi connectivity index (χ1n) is 6.75. The van der Waals surface area contributed by atoms with Gasteiger partial charge in [-0.05, 0) is 24.3 Å².